The van der Waals surface area contributed by atoms with E-state index in [9.17, 15) is 28.3 Å². The molecule has 0 saturated carbocycles. The predicted octanol–water partition coefficient (Wildman–Crippen LogP) is 2.32. The molecule has 2 bridgehead atoms. The van der Waals surface area contributed by atoms with Crippen LogP contribution in [0.3, 0.4) is 0 Å². The van der Waals surface area contributed by atoms with Crippen molar-refractivity contribution in [1.82, 2.24) is 14.5 Å². The van der Waals surface area contributed by atoms with Gasteiger partial charge in [-0.1, -0.05) is 13.0 Å². The molecule has 1 spiro atoms. The normalized spacial score (nSPS) is 29.9. The average molecular weight is 503 g/mol. The molecule has 3 aliphatic heterocycles. The molecule has 2 aromatic rings. The molecule has 36 heavy (non-hydrogen) atoms. The molecule has 5 rings (SSSR count). The van der Waals surface area contributed by atoms with Crippen molar-refractivity contribution in [2.24, 2.45) is 11.7 Å². The molecule has 2 saturated heterocycles. The van der Waals surface area contributed by atoms with Gasteiger partial charge in [-0.15, -0.1) is 0 Å². The lowest BCUT2D eigenvalue weighted by Crippen LogP contribution is -2.54. The Bertz CT molecular complexity index is 1330. The van der Waals surface area contributed by atoms with E-state index in [1.165, 1.54) is 22.9 Å². The van der Waals surface area contributed by atoms with Crippen molar-refractivity contribution in [3.8, 4) is 5.75 Å². The molecule has 5 atom stereocenters. The number of aromatic nitrogens is 1. The van der Waals surface area contributed by atoms with Crippen LogP contribution >= 0.6 is 0 Å². The topological polar surface area (TPSA) is 118 Å². The van der Waals surface area contributed by atoms with Gasteiger partial charge in [0.05, 0.1) is 12.6 Å². The lowest BCUT2D eigenvalue weighted by molar-refractivity contribution is -0.229. The van der Waals surface area contributed by atoms with Crippen LogP contribution in [0.25, 0.3) is 0 Å². The third-order valence-corrected chi connectivity index (χ3v) is 8.27. The van der Waals surface area contributed by atoms with Crippen LogP contribution in [0.4, 0.5) is 8.78 Å². The molecule has 0 aliphatic carbocycles. The molecule has 9 nitrogen and oxygen atoms in total. The maximum atomic E-state index is 14.5. The van der Waals surface area contributed by atoms with Crippen molar-refractivity contribution < 1.29 is 28.3 Å². The second kappa shape index (κ2) is 8.38. The minimum Gasteiger partial charge on any atom is -0.503 e. The van der Waals surface area contributed by atoms with Crippen LogP contribution < -0.4 is 11.2 Å². The monoisotopic (exact) mass is 502 g/mol. The summed E-state index contributed by atoms with van der Waals surface area (Å²) in [6, 6.07) is 2.43. The summed E-state index contributed by atoms with van der Waals surface area (Å²) in [5.74, 6) is -3.83. The summed E-state index contributed by atoms with van der Waals surface area (Å²) in [6.45, 7) is 6.13. The molecule has 2 amide bonds. The molecule has 4 heterocycles. The smallest absolute Gasteiger partial charge is 0.274 e. The van der Waals surface area contributed by atoms with Crippen LogP contribution in [-0.4, -0.2) is 55.7 Å². The molecule has 1 aromatic heterocycles. The van der Waals surface area contributed by atoms with Crippen LogP contribution in [0, 0.1) is 17.6 Å². The summed E-state index contributed by atoms with van der Waals surface area (Å²) in [5.41, 5.74) is 3.13. The van der Waals surface area contributed by atoms with Crippen LogP contribution in [0.15, 0.2) is 29.2 Å². The SMILES string of the molecule is C[C@@H]1[C@@H](C)[C@@]2(CC[C@H](C)N3C[C@H]2n2cc(C(N)=O)c(=O)c(O)c2C3=O)ON1Cc1ccc(F)cc1F. The van der Waals surface area contributed by atoms with Gasteiger partial charge in [-0.3, -0.25) is 19.2 Å². The Morgan fingerprint density at radius 1 is 1.25 bits per heavy atom. The summed E-state index contributed by atoms with van der Waals surface area (Å²) < 4.78 is 29.3. The van der Waals surface area contributed by atoms with Crippen LogP contribution in [0.2, 0.25) is 0 Å². The Morgan fingerprint density at radius 3 is 2.64 bits per heavy atom. The number of aromatic hydroxyl groups is 1. The number of hydrogen-bond acceptors (Lipinski definition) is 6. The van der Waals surface area contributed by atoms with Gasteiger partial charge >= 0.3 is 0 Å². The van der Waals surface area contributed by atoms with E-state index in [2.05, 4.69) is 0 Å². The van der Waals surface area contributed by atoms with Crippen molar-refractivity contribution in [1.29, 1.82) is 0 Å². The zero-order valence-electron chi connectivity index (χ0n) is 20.2. The van der Waals surface area contributed by atoms with Gasteiger partial charge in [0, 0.05) is 42.4 Å². The number of amides is 2. The number of primary amides is 1. The molecule has 0 unspecified atom stereocenters. The molecule has 3 aliphatic rings. The fourth-order valence-electron chi connectivity index (χ4n) is 5.95. The lowest BCUT2D eigenvalue weighted by atomic mass is 9.76. The Hall–Kier alpha value is -3.31. The Morgan fingerprint density at radius 2 is 1.97 bits per heavy atom. The summed E-state index contributed by atoms with van der Waals surface area (Å²) in [5, 5.41) is 12.4. The summed E-state index contributed by atoms with van der Waals surface area (Å²) >= 11 is 0. The average Bonchev–Trinajstić information content (AvgIpc) is 2.97. The van der Waals surface area contributed by atoms with Gasteiger partial charge in [0.15, 0.2) is 11.4 Å². The first-order chi connectivity index (χ1) is 17.0. The number of nitrogens with two attached hydrogens (primary N) is 1. The Balaban J connectivity index is 1.63. The third-order valence-electron chi connectivity index (χ3n) is 8.27. The molecule has 2 fully saturated rings. The molecular weight excluding hydrogens is 474 g/mol. The minimum absolute atomic E-state index is 0.0685. The number of hydrogen-bond donors (Lipinski definition) is 2. The first-order valence-electron chi connectivity index (χ1n) is 11.9. The fourth-order valence-corrected chi connectivity index (χ4v) is 5.95. The number of benzene rings is 1. The third kappa shape index (κ3) is 3.44. The van der Waals surface area contributed by atoms with Crippen LogP contribution in [-0.2, 0) is 11.4 Å². The lowest BCUT2D eigenvalue weighted by Gasteiger charge is -2.44. The van der Waals surface area contributed by atoms with Gasteiger partial charge < -0.3 is 20.3 Å². The number of hydroxylamine groups is 2. The number of carbonyl (C=O) groups excluding carboxylic acids is 2. The van der Waals surface area contributed by atoms with E-state index in [0.29, 0.717) is 12.8 Å². The highest BCUT2D eigenvalue weighted by Gasteiger charge is 2.59. The van der Waals surface area contributed by atoms with Gasteiger partial charge in [-0.2, -0.15) is 5.06 Å². The minimum atomic E-state index is -1.02. The Labute approximate surface area is 206 Å². The highest BCUT2D eigenvalue weighted by Crippen LogP contribution is 2.51. The number of halogens is 2. The first-order valence-corrected chi connectivity index (χ1v) is 11.9. The van der Waals surface area contributed by atoms with Crippen molar-refractivity contribution >= 4 is 11.8 Å². The van der Waals surface area contributed by atoms with Crippen molar-refractivity contribution in [2.45, 2.75) is 63.9 Å². The second-order valence-corrected chi connectivity index (χ2v) is 10.1. The zero-order chi connectivity index (χ0) is 26.1. The first kappa shape index (κ1) is 24.4. The van der Waals surface area contributed by atoms with Crippen molar-refractivity contribution in [3.63, 3.8) is 0 Å². The van der Waals surface area contributed by atoms with Crippen LogP contribution in [0.5, 0.6) is 5.75 Å². The van der Waals surface area contributed by atoms with E-state index in [-0.39, 0.29) is 42.3 Å². The maximum absolute atomic E-state index is 14.5. The van der Waals surface area contributed by atoms with E-state index in [1.807, 2.05) is 20.8 Å². The van der Waals surface area contributed by atoms with Gasteiger partial charge in [0.1, 0.15) is 22.8 Å². The quantitative estimate of drug-likeness (QED) is 0.665. The number of carbonyl (C=O) groups is 2. The molecule has 3 N–H and O–H groups in total. The van der Waals surface area contributed by atoms with Gasteiger partial charge in [-0.05, 0) is 32.8 Å². The number of pyridine rings is 1. The summed E-state index contributed by atoms with van der Waals surface area (Å²) in [7, 11) is 0. The number of nitrogens with zero attached hydrogens (tertiary/aromatic N) is 3. The second-order valence-electron chi connectivity index (χ2n) is 10.1. The molecular formula is C25H28F2N4O5. The van der Waals surface area contributed by atoms with E-state index in [4.69, 9.17) is 10.6 Å². The number of fused-ring (bicyclic) bond motifs is 5. The molecule has 192 valence electrons. The Kier molecular flexibility index (Phi) is 5.68. The summed E-state index contributed by atoms with van der Waals surface area (Å²) in [6.07, 6.45) is 2.34. The van der Waals surface area contributed by atoms with Gasteiger partial charge in [-0.25, -0.2) is 8.78 Å². The maximum Gasteiger partial charge on any atom is 0.274 e. The van der Waals surface area contributed by atoms with Crippen molar-refractivity contribution in [3.05, 3.63) is 63.1 Å². The van der Waals surface area contributed by atoms with E-state index < -0.39 is 51.8 Å². The van der Waals surface area contributed by atoms with Crippen molar-refractivity contribution in [2.75, 3.05) is 6.54 Å². The zero-order valence-corrected chi connectivity index (χ0v) is 20.2. The van der Waals surface area contributed by atoms with E-state index >= 15 is 0 Å². The molecule has 1 aromatic carbocycles. The summed E-state index contributed by atoms with van der Waals surface area (Å²) in [4.78, 5) is 46.2. The highest BCUT2D eigenvalue weighted by molar-refractivity contribution is 5.99. The molecule has 11 heteroatoms. The number of rotatable bonds is 3. The van der Waals surface area contributed by atoms with E-state index in [1.54, 1.807) is 9.96 Å². The van der Waals surface area contributed by atoms with Crippen LogP contribution in [0.1, 0.15) is 66.1 Å². The van der Waals surface area contributed by atoms with Gasteiger partial charge in [0.2, 0.25) is 5.43 Å². The largest absolute Gasteiger partial charge is 0.503 e. The predicted molar refractivity (Wildman–Crippen MR) is 124 cm³/mol. The fraction of sp³-hybridized carbons (Fsp3) is 0.480. The van der Waals surface area contributed by atoms with E-state index in [0.717, 1.165) is 6.07 Å². The molecule has 0 radical (unpaired) electrons. The standard InChI is InChI=1S/C25H28F2N4O5/c1-12-6-7-25(13(2)14(3)31(36-25)9-15-4-5-16(26)8-18(15)27)19-11-29(12)24(35)20-22(33)21(32)17(23(28)34)10-30(19)20/h4-5,8,10,12-14,19,33H,6-7,9,11H2,1-3H3,(H2,28,34)/t12-,13+,14+,19+,25+/m0/s1. The van der Waals surface area contributed by atoms with Gasteiger partial charge in [0.25, 0.3) is 11.8 Å². The highest BCUT2D eigenvalue weighted by atomic mass is 19.1.